The van der Waals surface area contributed by atoms with Crippen molar-refractivity contribution in [3.8, 4) is 11.3 Å². The zero-order valence-electron chi connectivity index (χ0n) is 14.6. The van der Waals surface area contributed by atoms with Crippen LogP contribution in [-0.2, 0) is 13.5 Å². The van der Waals surface area contributed by atoms with Gasteiger partial charge in [0, 0.05) is 25.6 Å². The summed E-state index contributed by atoms with van der Waals surface area (Å²) in [5, 5.41) is 21.5. The Bertz CT molecular complexity index is 886. The average Bonchev–Trinajstić information content (AvgIpc) is 3.22. The maximum atomic E-state index is 13.0. The van der Waals surface area contributed by atoms with Gasteiger partial charge in [-0.3, -0.25) is 9.48 Å². The van der Waals surface area contributed by atoms with E-state index in [0.717, 1.165) is 11.1 Å². The Morgan fingerprint density at radius 1 is 1.35 bits per heavy atom. The zero-order valence-corrected chi connectivity index (χ0v) is 15.4. The molecule has 3 rings (SSSR count). The monoisotopic (exact) mass is 373 g/mol. The maximum Gasteiger partial charge on any atom is 0.269 e. The van der Waals surface area contributed by atoms with Gasteiger partial charge in [-0.05, 0) is 59.6 Å². The lowest BCUT2D eigenvalue weighted by atomic mass is 9.98. The Kier molecular flexibility index (Phi) is 5.20. The number of aryl methyl sites for hydroxylation is 1. The summed E-state index contributed by atoms with van der Waals surface area (Å²) in [6.07, 6.45) is 0.461. The highest BCUT2D eigenvalue weighted by Crippen LogP contribution is 2.20. The predicted molar refractivity (Wildman–Crippen MR) is 99.6 cm³/mol. The Morgan fingerprint density at radius 2 is 2.08 bits per heavy atom. The molecule has 3 aromatic rings. The highest BCUT2D eigenvalue weighted by molar-refractivity contribution is 7.07. The van der Waals surface area contributed by atoms with E-state index in [1.165, 1.54) is 16.8 Å². The first kappa shape index (κ1) is 18.3. The van der Waals surface area contributed by atoms with Gasteiger partial charge < -0.3 is 10.4 Å². The highest BCUT2D eigenvalue weighted by atomic mass is 32.1. The van der Waals surface area contributed by atoms with E-state index >= 15 is 0 Å². The SMILES string of the molecule is Cn1nc(-c2ccc(F)cc2)cc1C(=O)NCC(C)(O)Cc1ccsc1. The summed E-state index contributed by atoms with van der Waals surface area (Å²) in [6.45, 7) is 1.82. The van der Waals surface area contributed by atoms with E-state index in [0.29, 0.717) is 17.8 Å². The average molecular weight is 373 g/mol. The number of rotatable bonds is 6. The van der Waals surface area contributed by atoms with Crippen LogP contribution < -0.4 is 5.32 Å². The highest BCUT2D eigenvalue weighted by Gasteiger charge is 2.23. The first-order chi connectivity index (χ1) is 12.3. The third-order valence-electron chi connectivity index (χ3n) is 4.05. The van der Waals surface area contributed by atoms with Gasteiger partial charge in [0.25, 0.3) is 5.91 Å². The summed E-state index contributed by atoms with van der Waals surface area (Å²) in [5.74, 6) is -0.644. The van der Waals surface area contributed by atoms with Crippen LogP contribution in [0.3, 0.4) is 0 Å². The smallest absolute Gasteiger partial charge is 0.269 e. The molecule has 1 aromatic carbocycles. The van der Waals surface area contributed by atoms with Crippen LogP contribution in [0.2, 0.25) is 0 Å². The van der Waals surface area contributed by atoms with Crippen LogP contribution in [0.5, 0.6) is 0 Å². The molecule has 0 aliphatic heterocycles. The number of nitrogens with zero attached hydrogens (tertiary/aromatic N) is 2. The molecule has 1 atom stereocenters. The van der Waals surface area contributed by atoms with Crippen LogP contribution in [0, 0.1) is 5.82 Å². The van der Waals surface area contributed by atoms with Gasteiger partial charge in [-0.1, -0.05) is 0 Å². The summed E-state index contributed by atoms with van der Waals surface area (Å²) in [5.41, 5.74) is 1.67. The Morgan fingerprint density at radius 3 is 2.73 bits per heavy atom. The minimum Gasteiger partial charge on any atom is -0.388 e. The molecular weight excluding hydrogens is 353 g/mol. The summed E-state index contributed by atoms with van der Waals surface area (Å²) in [6, 6.07) is 9.54. The number of nitrogens with one attached hydrogen (secondary N) is 1. The number of halogens is 1. The third kappa shape index (κ3) is 4.36. The lowest BCUT2D eigenvalue weighted by molar-refractivity contribution is 0.0550. The number of carbonyl (C=O) groups is 1. The fraction of sp³-hybridized carbons (Fsp3) is 0.263. The summed E-state index contributed by atoms with van der Waals surface area (Å²) < 4.78 is 14.5. The molecule has 0 saturated heterocycles. The third-order valence-corrected chi connectivity index (χ3v) is 4.78. The second-order valence-electron chi connectivity index (χ2n) is 6.53. The number of aromatic nitrogens is 2. The molecule has 1 amide bonds. The molecule has 0 radical (unpaired) electrons. The van der Waals surface area contributed by atoms with Gasteiger partial charge in [-0.2, -0.15) is 16.4 Å². The van der Waals surface area contributed by atoms with Gasteiger partial charge >= 0.3 is 0 Å². The Labute approximate surface area is 155 Å². The molecule has 2 N–H and O–H groups in total. The maximum absolute atomic E-state index is 13.0. The van der Waals surface area contributed by atoms with Crippen LogP contribution in [0.1, 0.15) is 23.0 Å². The molecule has 2 aromatic heterocycles. The van der Waals surface area contributed by atoms with Crippen molar-refractivity contribution in [1.29, 1.82) is 0 Å². The molecule has 26 heavy (non-hydrogen) atoms. The topological polar surface area (TPSA) is 67.2 Å². The fourth-order valence-corrected chi connectivity index (χ4v) is 3.37. The second kappa shape index (κ2) is 7.39. The molecule has 1 unspecified atom stereocenters. The normalized spacial score (nSPS) is 13.4. The van der Waals surface area contributed by atoms with Crippen molar-refractivity contribution in [2.45, 2.75) is 18.9 Å². The summed E-state index contributed by atoms with van der Waals surface area (Å²) in [7, 11) is 1.67. The standard InChI is InChI=1S/C19H20FN3O2S/c1-19(25,10-13-7-8-26-11-13)12-21-18(24)17-9-16(22-23(17)2)14-3-5-15(20)6-4-14/h3-9,11,25H,10,12H2,1-2H3,(H,21,24). The number of amides is 1. The van der Waals surface area contributed by atoms with Crippen LogP contribution in [0.4, 0.5) is 4.39 Å². The minimum absolute atomic E-state index is 0.124. The molecule has 2 heterocycles. The number of thiophene rings is 1. The molecule has 0 bridgehead atoms. The van der Waals surface area contributed by atoms with Gasteiger partial charge in [0.05, 0.1) is 11.3 Å². The summed E-state index contributed by atoms with van der Waals surface area (Å²) in [4.78, 5) is 12.5. The van der Waals surface area contributed by atoms with Crippen LogP contribution in [0.25, 0.3) is 11.3 Å². The van der Waals surface area contributed by atoms with E-state index in [2.05, 4.69) is 10.4 Å². The van der Waals surface area contributed by atoms with Crippen molar-refractivity contribution in [3.05, 3.63) is 64.2 Å². The molecule has 0 fully saturated rings. The lowest BCUT2D eigenvalue weighted by Gasteiger charge is -2.23. The van der Waals surface area contributed by atoms with Crippen molar-refractivity contribution < 1.29 is 14.3 Å². The van der Waals surface area contributed by atoms with Crippen LogP contribution >= 0.6 is 11.3 Å². The number of hydrogen-bond acceptors (Lipinski definition) is 4. The van der Waals surface area contributed by atoms with E-state index < -0.39 is 5.60 Å². The van der Waals surface area contributed by atoms with E-state index in [1.807, 2.05) is 16.8 Å². The van der Waals surface area contributed by atoms with Crippen molar-refractivity contribution in [2.24, 2.45) is 7.05 Å². The Hall–Kier alpha value is -2.51. The second-order valence-corrected chi connectivity index (χ2v) is 7.31. The summed E-state index contributed by atoms with van der Waals surface area (Å²) >= 11 is 1.57. The van der Waals surface area contributed by atoms with Gasteiger partial charge in [-0.25, -0.2) is 4.39 Å². The van der Waals surface area contributed by atoms with Crippen molar-refractivity contribution in [2.75, 3.05) is 6.54 Å². The number of benzene rings is 1. The van der Waals surface area contributed by atoms with E-state index in [4.69, 9.17) is 0 Å². The van der Waals surface area contributed by atoms with Crippen molar-refractivity contribution in [1.82, 2.24) is 15.1 Å². The van der Waals surface area contributed by atoms with E-state index in [9.17, 15) is 14.3 Å². The minimum atomic E-state index is -1.05. The Balaban J connectivity index is 1.67. The molecule has 5 nitrogen and oxygen atoms in total. The quantitative estimate of drug-likeness (QED) is 0.698. The molecule has 0 saturated carbocycles. The number of carbonyl (C=O) groups excluding carboxylic acids is 1. The molecule has 7 heteroatoms. The van der Waals surface area contributed by atoms with E-state index in [-0.39, 0.29) is 18.3 Å². The molecule has 136 valence electrons. The van der Waals surface area contributed by atoms with Gasteiger partial charge in [0.1, 0.15) is 11.5 Å². The molecule has 0 aliphatic rings. The van der Waals surface area contributed by atoms with Crippen LogP contribution in [-0.4, -0.2) is 32.9 Å². The van der Waals surface area contributed by atoms with Crippen molar-refractivity contribution in [3.63, 3.8) is 0 Å². The fourth-order valence-electron chi connectivity index (χ4n) is 2.70. The first-order valence-electron chi connectivity index (χ1n) is 8.16. The van der Waals surface area contributed by atoms with Gasteiger partial charge in [-0.15, -0.1) is 0 Å². The first-order valence-corrected chi connectivity index (χ1v) is 9.10. The zero-order chi connectivity index (χ0) is 18.7. The predicted octanol–water partition coefficient (Wildman–Crippen LogP) is 3.01. The molecule has 0 aliphatic carbocycles. The van der Waals surface area contributed by atoms with E-state index in [1.54, 1.807) is 43.5 Å². The van der Waals surface area contributed by atoms with Gasteiger partial charge in [0.2, 0.25) is 0 Å². The molecular formula is C19H20FN3O2S. The van der Waals surface area contributed by atoms with Gasteiger partial charge in [0.15, 0.2) is 0 Å². The lowest BCUT2D eigenvalue weighted by Crippen LogP contribution is -2.42. The number of hydrogen-bond donors (Lipinski definition) is 2. The largest absolute Gasteiger partial charge is 0.388 e. The molecule has 0 spiro atoms. The number of aliphatic hydroxyl groups is 1. The van der Waals surface area contributed by atoms with Crippen LogP contribution in [0.15, 0.2) is 47.2 Å². The van der Waals surface area contributed by atoms with Crippen molar-refractivity contribution >= 4 is 17.2 Å².